The molecule has 0 amide bonds. The Labute approximate surface area is 107 Å². The van der Waals surface area contributed by atoms with Gasteiger partial charge < -0.3 is 15.0 Å². The van der Waals surface area contributed by atoms with Gasteiger partial charge in [-0.1, -0.05) is 6.92 Å². The van der Waals surface area contributed by atoms with Crippen molar-refractivity contribution in [2.45, 2.75) is 19.8 Å². The molecule has 98 valence electrons. The number of aryl methyl sites for hydroxylation is 1. The molecule has 2 aromatic heterocycles. The van der Waals surface area contributed by atoms with Crippen LogP contribution in [0.4, 0.5) is 5.82 Å². The van der Waals surface area contributed by atoms with Crippen LogP contribution >= 0.6 is 0 Å². The molecule has 2 N–H and O–H groups in total. The lowest BCUT2D eigenvalue weighted by Gasteiger charge is -2.09. The van der Waals surface area contributed by atoms with Crippen LogP contribution in [-0.2, 0) is 7.05 Å². The van der Waals surface area contributed by atoms with Gasteiger partial charge in [0.1, 0.15) is 5.52 Å². The van der Waals surface area contributed by atoms with Crippen molar-refractivity contribution in [1.82, 2.24) is 14.5 Å². The lowest BCUT2D eigenvalue weighted by atomic mass is 10.1. The van der Waals surface area contributed by atoms with Crippen LogP contribution in [0.5, 0.6) is 0 Å². The molecule has 1 atom stereocenters. The predicted octanol–water partition coefficient (Wildman–Crippen LogP) is 1.79. The molecule has 0 aliphatic heterocycles. The predicted molar refractivity (Wildman–Crippen MR) is 72.5 cm³/mol. The van der Waals surface area contributed by atoms with Crippen LogP contribution in [0.15, 0.2) is 18.6 Å². The Hall–Kier alpha value is -1.62. The maximum atomic E-state index is 8.95. The summed E-state index contributed by atoms with van der Waals surface area (Å²) in [6.07, 6.45) is 5.63. The molecule has 0 aromatic carbocycles. The zero-order valence-corrected chi connectivity index (χ0v) is 10.9. The second-order valence-electron chi connectivity index (χ2n) is 4.74. The molecule has 0 saturated heterocycles. The highest BCUT2D eigenvalue weighted by Crippen LogP contribution is 2.18. The third kappa shape index (κ3) is 2.79. The summed E-state index contributed by atoms with van der Waals surface area (Å²) < 4.78 is 1.98. The summed E-state index contributed by atoms with van der Waals surface area (Å²) in [5.41, 5.74) is 1.99. The zero-order chi connectivity index (χ0) is 13.0. The molecule has 0 aliphatic rings. The minimum Gasteiger partial charge on any atom is -0.396 e. The van der Waals surface area contributed by atoms with E-state index in [0.717, 1.165) is 36.2 Å². The van der Waals surface area contributed by atoms with Crippen LogP contribution in [0, 0.1) is 5.92 Å². The first-order valence-electron chi connectivity index (χ1n) is 6.33. The largest absolute Gasteiger partial charge is 0.396 e. The molecule has 2 heterocycles. The number of aliphatic hydroxyl groups excluding tert-OH is 1. The van der Waals surface area contributed by atoms with E-state index in [1.807, 2.05) is 17.7 Å². The van der Waals surface area contributed by atoms with Crippen molar-refractivity contribution in [2.75, 3.05) is 18.5 Å². The normalized spacial score (nSPS) is 12.8. The highest BCUT2D eigenvalue weighted by Gasteiger charge is 2.06. The molecule has 1 unspecified atom stereocenters. The van der Waals surface area contributed by atoms with Crippen LogP contribution < -0.4 is 5.32 Å². The second kappa shape index (κ2) is 5.82. The van der Waals surface area contributed by atoms with Gasteiger partial charge in [0.2, 0.25) is 0 Å². The summed E-state index contributed by atoms with van der Waals surface area (Å²) in [5, 5.41) is 12.3. The van der Waals surface area contributed by atoms with Crippen LogP contribution in [0.25, 0.3) is 11.0 Å². The van der Waals surface area contributed by atoms with E-state index in [1.54, 1.807) is 12.5 Å². The third-order valence-electron chi connectivity index (χ3n) is 3.12. The molecular formula is C13H20N4O. The Morgan fingerprint density at radius 1 is 1.44 bits per heavy atom. The standard InChI is InChI=1S/C13H20N4O/c1-10(8-18)4-3-6-14-13-12-11(5-7-15-13)17(2)9-16-12/h5,7,9-10,18H,3-4,6,8H2,1-2H3,(H,14,15). The summed E-state index contributed by atoms with van der Waals surface area (Å²) in [6, 6.07) is 1.96. The second-order valence-corrected chi connectivity index (χ2v) is 4.74. The molecule has 2 aromatic rings. The number of rotatable bonds is 6. The van der Waals surface area contributed by atoms with E-state index in [2.05, 4.69) is 22.2 Å². The summed E-state index contributed by atoms with van der Waals surface area (Å²) >= 11 is 0. The van der Waals surface area contributed by atoms with Gasteiger partial charge in [0.15, 0.2) is 5.82 Å². The average molecular weight is 248 g/mol. The van der Waals surface area contributed by atoms with Crippen LogP contribution in [0.3, 0.4) is 0 Å². The van der Waals surface area contributed by atoms with Crippen LogP contribution in [0.1, 0.15) is 19.8 Å². The van der Waals surface area contributed by atoms with Crippen molar-refractivity contribution in [3.8, 4) is 0 Å². The van der Waals surface area contributed by atoms with Crippen LogP contribution in [0.2, 0.25) is 0 Å². The fourth-order valence-corrected chi connectivity index (χ4v) is 1.94. The quantitative estimate of drug-likeness (QED) is 0.765. The van der Waals surface area contributed by atoms with Gasteiger partial charge in [0.25, 0.3) is 0 Å². The van der Waals surface area contributed by atoms with Gasteiger partial charge >= 0.3 is 0 Å². The van der Waals surface area contributed by atoms with Gasteiger partial charge in [-0.05, 0) is 24.8 Å². The number of aromatic nitrogens is 3. The van der Waals surface area contributed by atoms with Crippen molar-refractivity contribution >= 4 is 16.9 Å². The lowest BCUT2D eigenvalue weighted by molar-refractivity contribution is 0.229. The third-order valence-corrected chi connectivity index (χ3v) is 3.12. The Balaban J connectivity index is 1.95. The van der Waals surface area contributed by atoms with E-state index in [1.165, 1.54) is 0 Å². The fourth-order valence-electron chi connectivity index (χ4n) is 1.94. The summed E-state index contributed by atoms with van der Waals surface area (Å²) in [6.45, 7) is 3.17. The minimum atomic E-state index is 0.258. The smallest absolute Gasteiger partial charge is 0.154 e. The van der Waals surface area contributed by atoms with Crippen molar-refractivity contribution in [3.05, 3.63) is 18.6 Å². The molecule has 0 radical (unpaired) electrons. The number of nitrogens with zero attached hydrogens (tertiary/aromatic N) is 3. The van der Waals surface area contributed by atoms with Gasteiger partial charge in [-0.15, -0.1) is 0 Å². The van der Waals surface area contributed by atoms with Crippen molar-refractivity contribution in [1.29, 1.82) is 0 Å². The van der Waals surface area contributed by atoms with E-state index in [0.29, 0.717) is 5.92 Å². The van der Waals surface area contributed by atoms with E-state index in [-0.39, 0.29) is 6.61 Å². The number of aliphatic hydroxyl groups is 1. The van der Waals surface area contributed by atoms with E-state index < -0.39 is 0 Å². The summed E-state index contributed by atoms with van der Waals surface area (Å²) in [5.74, 6) is 1.20. The SMILES string of the molecule is CC(CO)CCCNc1nccc2c1ncn2C. The average Bonchev–Trinajstić information content (AvgIpc) is 2.77. The zero-order valence-electron chi connectivity index (χ0n) is 10.9. The van der Waals surface area contributed by atoms with E-state index in [9.17, 15) is 0 Å². The van der Waals surface area contributed by atoms with Crippen LogP contribution in [-0.4, -0.2) is 32.8 Å². The molecule has 2 rings (SSSR count). The van der Waals surface area contributed by atoms with Gasteiger partial charge in [-0.2, -0.15) is 0 Å². The number of anilines is 1. The fraction of sp³-hybridized carbons (Fsp3) is 0.538. The number of nitrogens with one attached hydrogen (secondary N) is 1. The molecule has 0 spiro atoms. The molecule has 0 aliphatic carbocycles. The van der Waals surface area contributed by atoms with Gasteiger partial charge in [-0.25, -0.2) is 9.97 Å². The molecule has 5 heteroatoms. The molecule has 18 heavy (non-hydrogen) atoms. The number of fused-ring (bicyclic) bond motifs is 1. The maximum absolute atomic E-state index is 8.95. The first kappa shape index (κ1) is 12.8. The highest BCUT2D eigenvalue weighted by molar-refractivity contribution is 5.85. The number of hydrogen-bond acceptors (Lipinski definition) is 4. The number of pyridine rings is 1. The van der Waals surface area contributed by atoms with Gasteiger partial charge in [-0.3, -0.25) is 0 Å². The minimum absolute atomic E-state index is 0.258. The number of imidazole rings is 1. The summed E-state index contributed by atoms with van der Waals surface area (Å²) in [7, 11) is 1.97. The number of hydrogen-bond donors (Lipinski definition) is 2. The Kier molecular flexibility index (Phi) is 4.15. The first-order chi connectivity index (χ1) is 8.72. The Morgan fingerprint density at radius 2 is 2.28 bits per heavy atom. The van der Waals surface area contributed by atoms with Gasteiger partial charge in [0, 0.05) is 26.4 Å². The van der Waals surface area contributed by atoms with Crippen molar-refractivity contribution < 1.29 is 5.11 Å². The van der Waals surface area contributed by atoms with Gasteiger partial charge in [0.05, 0.1) is 11.8 Å². The monoisotopic (exact) mass is 248 g/mol. The Morgan fingerprint density at radius 3 is 3.06 bits per heavy atom. The first-order valence-corrected chi connectivity index (χ1v) is 6.33. The summed E-state index contributed by atoms with van der Waals surface area (Å²) in [4.78, 5) is 8.67. The molecular weight excluding hydrogens is 228 g/mol. The topological polar surface area (TPSA) is 63.0 Å². The van der Waals surface area contributed by atoms with E-state index >= 15 is 0 Å². The lowest BCUT2D eigenvalue weighted by Crippen LogP contribution is -2.07. The Bertz CT molecular complexity index is 509. The maximum Gasteiger partial charge on any atom is 0.154 e. The van der Waals surface area contributed by atoms with E-state index in [4.69, 9.17) is 5.11 Å². The molecule has 5 nitrogen and oxygen atoms in total. The molecule has 0 saturated carbocycles. The highest BCUT2D eigenvalue weighted by atomic mass is 16.3. The molecule has 0 fully saturated rings. The van der Waals surface area contributed by atoms with Crippen molar-refractivity contribution in [2.24, 2.45) is 13.0 Å². The molecule has 0 bridgehead atoms. The van der Waals surface area contributed by atoms with Crippen molar-refractivity contribution in [3.63, 3.8) is 0 Å².